The highest BCUT2D eigenvalue weighted by atomic mass is 32.2. The lowest BCUT2D eigenvalue weighted by atomic mass is 10.1. The summed E-state index contributed by atoms with van der Waals surface area (Å²) in [5.74, 6) is -0.293. The zero-order valence-corrected chi connectivity index (χ0v) is 11.2. The van der Waals surface area contributed by atoms with E-state index < -0.39 is 6.10 Å². The Morgan fingerprint density at radius 1 is 1.11 bits per heavy atom. The summed E-state index contributed by atoms with van der Waals surface area (Å²) in [6, 6.07) is 12.8. The van der Waals surface area contributed by atoms with Gasteiger partial charge in [0.25, 0.3) is 0 Å². The summed E-state index contributed by atoms with van der Waals surface area (Å²) in [7, 11) is 0. The van der Waals surface area contributed by atoms with Crippen molar-refractivity contribution in [3.8, 4) is 0 Å². The minimum Gasteiger partial charge on any atom is -0.389 e. The van der Waals surface area contributed by atoms with Crippen LogP contribution in [0.2, 0.25) is 0 Å². The molecule has 0 bridgehead atoms. The quantitative estimate of drug-likeness (QED) is 0.888. The Hall–Kier alpha value is -1.32. The maximum Gasteiger partial charge on any atom is 0.137 e. The molecule has 3 heteroatoms. The third-order valence-corrected chi connectivity index (χ3v) is 3.75. The zero-order chi connectivity index (χ0) is 13.1. The van der Waals surface area contributed by atoms with E-state index in [4.69, 9.17) is 0 Å². The highest BCUT2D eigenvalue weighted by Crippen LogP contribution is 2.31. The van der Waals surface area contributed by atoms with Gasteiger partial charge in [-0.1, -0.05) is 35.5 Å². The third kappa shape index (κ3) is 3.12. The van der Waals surface area contributed by atoms with Crippen LogP contribution in [0.25, 0.3) is 0 Å². The lowest BCUT2D eigenvalue weighted by molar-refractivity contribution is 0.198. The minimum absolute atomic E-state index is 0.293. The van der Waals surface area contributed by atoms with E-state index in [0.717, 1.165) is 4.90 Å². The van der Waals surface area contributed by atoms with E-state index in [9.17, 15) is 9.50 Å². The standard InChI is InChI=1S/C15H15FOS/c1-10-3-6-13(7-4-10)18-15-8-5-12(11(2)17)9-14(15)16/h3-9,11,17H,1-2H3/t11-/m0/s1. The molecule has 94 valence electrons. The maximum atomic E-state index is 13.8. The number of hydrogen-bond acceptors (Lipinski definition) is 2. The van der Waals surface area contributed by atoms with Crippen molar-refractivity contribution in [3.63, 3.8) is 0 Å². The van der Waals surface area contributed by atoms with Crippen molar-refractivity contribution in [2.75, 3.05) is 0 Å². The molecule has 0 spiro atoms. The van der Waals surface area contributed by atoms with Crippen molar-refractivity contribution >= 4 is 11.8 Å². The first kappa shape index (κ1) is 13.1. The Labute approximate surface area is 111 Å². The molecule has 0 saturated heterocycles. The Balaban J connectivity index is 2.22. The van der Waals surface area contributed by atoms with Crippen LogP contribution < -0.4 is 0 Å². The summed E-state index contributed by atoms with van der Waals surface area (Å²) in [6.07, 6.45) is -0.641. The molecule has 0 aliphatic heterocycles. The van der Waals surface area contributed by atoms with E-state index >= 15 is 0 Å². The smallest absolute Gasteiger partial charge is 0.137 e. The molecule has 0 heterocycles. The molecule has 18 heavy (non-hydrogen) atoms. The fraction of sp³-hybridized carbons (Fsp3) is 0.200. The lowest BCUT2D eigenvalue weighted by Crippen LogP contribution is -1.92. The normalized spacial score (nSPS) is 12.4. The van der Waals surface area contributed by atoms with Crippen LogP contribution in [0.15, 0.2) is 52.3 Å². The average Bonchev–Trinajstić information content (AvgIpc) is 2.34. The highest BCUT2D eigenvalue weighted by molar-refractivity contribution is 7.99. The van der Waals surface area contributed by atoms with Gasteiger partial charge in [0.2, 0.25) is 0 Å². The first-order valence-corrected chi connectivity index (χ1v) is 6.60. The molecular weight excluding hydrogens is 247 g/mol. The van der Waals surface area contributed by atoms with Gasteiger partial charge in [0.1, 0.15) is 5.82 Å². The molecule has 0 amide bonds. The molecule has 0 unspecified atom stereocenters. The van der Waals surface area contributed by atoms with Crippen molar-refractivity contribution in [2.45, 2.75) is 29.7 Å². The molecule has 2 aromatic carbocycles. The molecule has 2 aromatic rings. The average molecular weight is 262 g/mol. The molecule has 0 aliphatic carbocycles. The van der Waals surface area contributed by atoms with Crippen molar-refractivity contribution in [2.24, 2.45) is 0 Å². The van der Waals surface area contributed by atoms with Crippen LogP contribution >= 0.6 is 11.8 Å². The Morgan fingerprint density at radius 3 is 2.33 bits per heavy atom. The molecule has 1 nitrogen and oxygen atoms in total. The maximum absolute atomic E-state index is 13.8. The first-order chi connectivity index (χ1) is 8.56. The SMILES string of the molecule is Cc1ccc(Sc2ccc([C@H](C)O)cc2F)cc1. The van der Waals surface area contributed by atoms with Crippen LogP contribution in [-0.2, 0) is 0 Å². The van der Waals surface area contributed by atoms with Gasteiger partial charge >= 0.3 is 0 Å². The summed E-state index contributed by atoms with van der Waals surface area (Å²) in [5.41, 5.74) is 1.78. The molecule has 1 atom stereocenters. The number of aryl methyl sites for hydroxylation is 1. The number of aliphatic hydroxyl groups excluding tert-OH is 1. The van der Waals surface area contributed by atoms with E-state index in [2.05, 4.69) is 0 Å². The predicted molar refractivity (Wildman–Crippen MR) is 72.3 cm³/mol. The van der Waals surface area contributed by atoms with Gasteiger partial charge in [-0.3, -0.25) is 0 Å². The zero-order valence-electron chi connectivity index (χ0n) is 10.4. The first-order valence-electron chi connectivity index (χ1n) is 5.78. The van der Waals surface area contributed by atoms with Crippen LogP contribution in [0.1, 0.15) is 24.2 Å². The van der Waals surface area contributed by atoms with Crippen LogP contribution in [0.4, 0.5) is 4.39 Å². The molecule has 0 radical (unpaired) electrons. The van der Waals surface area contributed by atoms with Crippen LogP contribution in [0, 0.1) is 12.7 Å². The van der Waals surface area contributed by atoms with Gasteiger partial charge in [0.15, 0.2) is 0 Å². The lowest BCUT2D eigenvalue weighted by Gasteiger charge is -2.08. The second-order valence-electron chi connectivity index (χ2n) is 4.28. The Bertz CT molecular complexity index is 535. The van der Waals surface area contributed by atoms with Gasteiger partial charge in [0.05, 0.1) is 6.10 Å². The second-order valence-corrected chi connectivity index (χ2v) is 5.40. The van der Waals surface area contributed by atoms with Gasteiger partial charge < -0.3 is 5.11 Å². The van der Waals surface area contributed by atoms with Crippen molar-refractivity contribution in [1.29, 1.82) is 0 Å². The predicted octanol–water partition coefficient (Wildman–Crippen LogP) is 4.34. The van der Waals surface area contributed by atoms with E-state index in [1.165, 1.54) is 23.4 Å². The molecule has 0 aromatic heterocycles. The number of benzene rings is 2. The molecule has 2 rings (SSSR count). The van der Waals surface area contributed by atoms with Crippen LogP contribution in [0.5, 0.6) is 0 Å². The minimum atomic E-state index is -0.641. The summed E-state index contributed by atoms with van der Waals surface area (Å²) >= 11 is 1.39. The Kier molecular flexibility index (Phi) is 4.04. The number of rotatable bonds is 3. The summed E-state index contributed by atoms with van der Waals surface area (Å²) < 4.78 is 13.8. The molecule has 0 fully saturated rings. The summed E-state index contributed by atoms with van der Waals surface area (Å²) in [4.78, 5) is 1.58. The molecule has 0 saturated carbocycles. The van der Waals surface area contributed by atoms with E-state index in [1.807, 2.05) is 31.2 Å². The van der Waals surface area contributed by atoms with Gasteiger partial charge in [-0.05, 0) is 43.7 Å². The number of halogens is 1. The van der Waals surface area contributed by atoms with Crippen molar-refractivity contribution in [3.05, 3.63) is 59.4 Å². The Morgan fingerprint density at radius 2 is 1.78 bits per heavy atom. The highest BCUT2D eigenvalue weighted by Gasteiger charge is 2.08. The fourth-order valence-electron chi connectivity index (χ4n) is 1.59. The van der Waals surface area contributed by atoms with Crippen molar-refractivity contribution in [1.82, 2.24) is 0 Å². The monoisotopic (exact) mass is 262 g/mol. The molecular formula is C15H15FOS. The van der Waals surface area contributed by atoms with Gasteiger partial charge in [-0.25, -0.2) is 4.39 Å². The van der Waals surface area contributed by atoms with E-state index in [1.54, 1.807) is 19.1 Å². The third-order valence-electron chi connectivity index (χ3n) is 2.69. The van der Waals surface area contributed by atoms with Crippen LogP contribution in [-0.4, -0.2) is 5.11 Å². The molecule has 1 N–H and O–H groups in total. The molecule has 0 aliphatic rings. The largest absolute Gasteiger partial charge is 0.389 e. The fourth-order valence-corrected chi connectivity index (χ4v) is 2.41. The van der Waals surface area contributed by atoms with Gasteiger partial charge in [-0.15, -0.1) is 0 Å². The van der Waals surface area contributed by atoms with E-state index in [0.29, 0.717) is 10.5 Å². The second kappa shape index (κ2) is 5.55. The van der Waals surface area contributed by atoms with Gasteiger partial charge in [-0.2, -0.15) is 0 Å². The van der Waals surface area contributed by atoms with Gasteiger partial charge in [0, 0.05) is 9.79 Å². The van der Waals surface area contributed by atoms with Crippen molar-refractivity contribution < 1.29 is 9.50 Å². The number of aliphatic hydroxyl groups is 1. The summed E-state index contributed by atoms with van der Waals surface area (Å²) in [5, 5.41) is 9.39. The topological polar surface area (TPSA) is 20.2 Å². The summed E-state index contributed by atoms with van der Waals surface area (Å²) in [6.45, 7) is 3.65. The van der Waals surface area contributed by atoms with Crippen LogP contribution in [0.3, 0.4) is 0 Å². The van der Waals surface area contributed by atoms with E-state index in [-0.39, 0.29) is 5.82 Å². The number of hydrogen-bond donors (Lipinski definition) is 1.